The lowest BCUT2D eigenvalue weighted by atomic mass is 9.68. The molecule has 0 aliphatic carbocycles. The first-order valence-corrected chi connectivity index (χ1v) is 13.1. The third-order valence-corrected chi connectivity index (χ3v) is 7.69. The molecule has 5 nitrogen and oxygen atoms in total. The first-order valence-electron chi connectivity index (χ1n) is 12.3. The summed E-state index contributed by atoms with van der Waals surface area (Å²) in [6.45, 7) is 1.98. The fraction of sp³-hybridized carbons (Fsp3) is 0.161. The molecule has 184 valence electrons. The molecule has 0 saturated heterocycles. The molecular weight excluding hydrogens is 528 g/mol. The van der Waals surface area contributed by atoms with Crippen molar-refractivity contribution >= 4 is 49.3 Å². The van der Waals surface area contributed by atoms with Crippen LogP contribution in [0.2, 0.25) is 0 Å². The van der Waals surface area contributed by atoms with E-state index in [1.54, 1.807) is 6.92 Å². The first-order chi connectivity index (χ1) is 18.0. The minimum absolute atomic E-state index is 0.200. The monoisotopic (exact) mass is 552 g/mol. The van der Waals surface area contributed by atoms with E-state index in [-0.39, 0.29) is 6.61 Å². The summed E-state index contributed by atoms with van der Waals surface area (Å²) >= 11 is 3.50. The molecule has 1 aliphatic heterocycles. The van der Waals surface area contributed by atoms with Crippen molar-refractivity contribution in [3.05, 3.63) is 118 Å². The summed E-state index contributed by atoms with van der Waals surface area (Å²) in [7, 11) is 0. The number of aliphatic hydroxyl groups is 1. The van der Waals surface area contributed by atoms with E-state index in [4.69, 9.17) is 9.72 Å². The summed E-state index contributed by atoms with van der Waals surface area (Å²) in [4.78, 5) is 18.7. The maximum Gasteiger partial charge on any atom is 0.315 e. The normalized spacial score (nSPS) is 20.8. The second kappa shape index (κ2) is 9.29. The number of nitrogens with one attached hydrogen (secondary N) is 1. The van der Waals surface area contributed by atoms with E-state index >= 15 is 0 Å². The SMILES string of the molecule is CCOC(=O)C1C(c2ccc(Br)cc2)Nc2ccc3ccccc3c2C1(O)c1ccc2ccccc2n1. The Kier molecular flexibility index (Phi) is 5.94. The van der Waals surface area contributed by atoms with E-state index in [1.165, 1.54) is 0 Å². The molecule has 3 unspecified atom stereocenters. The number of carbonyl (C=O) groups excluding carboxylic acids is 1. The fourth-order valence-electron chi connectivity index (χ4n) is 5.50. The Bertz CT molecular complexity index is 1640. The maximum absolute atomic E-state index is 13.8. The van der Waals surface area contributed by atoms with Crippen LogP contribution < -0.4 is 5.32 Å². The summed E-state index contributed by atoms with van der Waals surface area (Å²) in [5, 5.41) is 19.3. The highest BCUT2D eigenvalue weighted by atomic mass is 79.9. The van der Waals surface area contributed by atoms with Gasteiger partial charge in [-0.2, -0.15) is 0 Å². The number of para-hydroxylation sites is 1. The van der Waals surface area contributed by atoms with Gasteiger partial charge < -0.3 is 15.2 Å². The van der Waals surface area contributed by atoms with Gasteiger partial charge in [-0.1, -0.05) is 82.7 Å². The van der Waals surface area contributed by atoms with Gasteiger partial charge >= 0.3 is 5.97 Å². The van der Waals surface area contributed by atoms with Crippen molar-refractivity contribution in [2.45, 2.75) is 18.6 Å². The predicted molar refractivity (Wildman–Crippen MR) is 149 cm³/mol. The van der Waals surface area contributed by atoms with E-state index in [0.29, 0.717) is 11.3 Å². The zero-order chi connectivity index (χ0) is 25.6. The average molecular weight is 553 g/mol. The third-order valence-electron chi connectivity index (χ3n) is 7.16. The summed E-state index contributed by atoms with van der Waals surface area (Å²) in [5.41, 5.74) is 1.63. The molecule has 2 N–H and O–H groups in total. The minimum Gasteiger partial charge on any atom is -0.466 e. The zero-order valence-corrected chi connectivity index (χ0v) is 21.8. The number of fused-ring (bicyclic) bond motifs is 4. The maximum atomic E-state index is 13.8. The third kappa shape index (κ3) is 3.88. The number of rotatable bonds is 4. The molecule has 3 atom stereocenters. The van der Waals surface area contributed by atoms with Crippen LogP contribution in [0.1, 0.15) is 29.8 Å². The molecular formula is C31H25BrN2O3. The number of pyridine rings is 1. The molecule has 2 heterocycles. The number of anilines is 1. The smallest absolute Gasteiger partial charge is 0.315 e. The van der Waals surface area contributed by atoms with Gasteiger partial charge in [0.15, 0.2) is 0 Å². The van der Waals surface area contributed by atoms with Crippen molar-refractivity contribution in [2.75, 3.05) is 11.9 Å². The first kappa shape index (κ1) is 23.6. The van der Waals surface area contributed by atoms with Crippen LogP contribution in [-0.2, 0) is 15.1 Å². The molecule has 37 heavy (non-hydrogen) atoms. The van der Waals surface area contributed by atoms with E-state index in [2.05, 4.69) is 21.2 Å². The van der Waals surface area contributed by atoms with Crippen molar-refractivity contribution in [3.63, 3.8) is 0 Å². The predicted octanol–water partition coefficient (Wildman–Crippen LogP) is 6.73. The number of hydrogen-bond donors (Lipinski definition) is 2. The molecule has 0 radical (unpaired) electrons. The van der Waals surface area contributed by atoms with Gasteiger partial charge in [0.1, 0.15) is 11.5 Å². The van der Waals surface area contributed by atoms with E-state index in [9.17, 15) is 9.90 Å². The highest BCUT2D eigenvalue weighted by Crippen LogP contribution is 2.53. The van der Waals surface area contributed by atoms with Crippen molar-refractivity contribution in [1.29, 1.82) is 0 Å². The highest BCUT2D eigenvalue weighted by molar-refractivity contribution is 9.10. The quantitative estimate of drug-likeness (QED) is 0.242. The Morgan fingerprint density at radius 1 is 0.946 bits per heavy atom. The molecule has 1 aliphatic rings. The number of hydrogen-bond acceptors (Lipinski definition) is 5. The van der Waals surface area contributed by atoms with Crippen molar-refractivity contribution in [3.8, 4) is 0 Å². The Morgan fingerprint density at radius 2 is 1.65 bits per heavy atom. The lowest BCUT2D eigenvalue weighted by molar-refractivity contribution is -0.158. The van der Waals surface area contributed by atoms with Gasteiger partial charge in [0.25, 0.3) is 0 Å². The minimum atomic E-state index is -1.77. The van der Waals surface area contributed by atoms with E-state index < -0.39 is 23.5 Å². The molecule has 1 aromatic heterocycles. The van der Waals surface area contributed by atoms with E-state index in [0.717, 1.165) is 37.4 Å². The molecule has 0 bridgehead atoms. The van der Waals surface area contributed by atoms with Crippen LogP contribution in [0.15, 0.2) is 102 Å². The number of halogens is 1. The van der Waals surface area contributed by atoms with Crippen LogP contribution in [0.4, 0.5) is 5.69 Å². The Labute approximate surface area is 223 Å². The number of esters is 1. The molecule has 0 spiro atoms. The summed E-state index contributed by atoms with van der Waals surface area (Å²) < 4.78 is 6.54. The molecule has 0 fully saturated rings. The van der Waals surface area contributed by atoms with Gasteiger partial charge in [-0.05, 0) is 53.6 Å². The number of ether oxygens (including phenoxy) is 1. The van der Waals surface area contributed by atoms with Crippen LogP contribution in [0.5, 0.6) is 0 Å². The Balaban J connectivity index is 1.69. The van der Waals surface area contributed by atoms with Crippen LogP contribution in [0.3, 0.4) is 0 Å². The topological polar surface area (TPSA) is 71.5 Å². The van der Waals surface area contributed by atoms with Gasteiger partial charge in [-0.15, -0.1) is 0 Å². The lowest BCUT2D eigenvalue weighted by Gasteiger charge is -2.45. The van der Waals surface area contributed by atoms with Gasteiger partial charge in [-0.25, -0.2) is 4.98 Å². The van der Waals surface area contributed by atoms with Gasteiger partial charge in [0, 0.05) is 21.1 Å². The highest BCUT2D eigenvalue weighted by Gasteiger charge is 2.55. The van der Waals surface area contributed by atoms with E-state index in [1.807, 2.05) is 97.1 Å². The zero-order valence-electron chi connectivity index (χ0n) is 20.2. The van der Waals surface area contributed by atoms with Crippen molar-refractivity contribution in [2.24, 2.45) is 5.92 Å². The fourth-order valence-corrected chi connectivity index (χ4v) is 5.76. The van der Waals surface area contributed by atoms with Crippen LogP contribution in [0.25, 0.3) is 21.7 Å². The van der Waals surface area contributed by atoms with Crippen LogP contribution in [-0.4, -0.2) is 22.7 Å². The Hall–Kier alpha value is -3.74. The van der Waals surface area contributed by atoms with Crippen LogP contribution in [0, 0.1) is 5.92 Å². The number of aromatic nitrogens is 1. The molecule has 0 amide bonds. The van der Waals surface area contributed by atoms with Gasteiger partial charge in [-0.3, -0.25) is 4.79 Å². The number of benzene rings is 4. The molecule has 6 heteroatoms. The average Bonchev–Trinajstić information content (AvgIpc) is 2.92. The molecule has 4 aromatic carbocycles. The summed E-state index contributed by atoms with van der Waals surface area (Å²) in [6, 6.07) is 30.6. The van der Waals surface area contributed by atoms with Gasteiger partial charge in [0.05, 0.1) is 23.9 Å². The Morgan fingerprint density at radius 3 is 2.43 bits per heavy atom. The second-order valence-electron chi connectivity index (χ2n) is 9.27. The molecule has 0 saturated carbocycles. The summed E-state index contributed by atoms with van der Waals surface area (Å²) in [5.74, 6) is -1.49. The number of carbonyl (C=O) groups is 1. The van der Waals surface area contributed by atoms with Crippen molar-refractivity contribution < 1.29 is 14.6 Å². The second-order valence-corrected chi connectivity index (χ2v) is 10.2. The lowest BCUT2D eigenvalue weighted by Crippen LogP contribution is -2.51. The standard InChI is InChI=1S/C31H25BrN2O3/c1-2-37-30(35)28-29(21-11-15-22(32)16-12-21)34-25-17-13-19-7-3-5-9-23(19)27(25)31(28,36)26-18-14-20-8-4-6-10-24(20)33-26/h3-18,28-29,34,36H,2H2,1H3. The van der Waals surface area contributed by atoms with Crippen LogP contribution >= 0.6 is 15.9 Å². The summed E-state index contributed by atoms with van der Waals surface area (Å²) in [6.07, 6.45) is 0. The molecule has 6 rings (SSSR count). The number of nitrogens with zero attached hydrogens (tertiary/aromatic N) is 1. The van der Waals surface area contributed by atoms with Gasteiger partial charge in [0.2, 0.25) is 0 Å². The molecule has 5 aromatic rings. The van der Waals surface area contributed by atoms with Crippen molar-refractivity contribution in [1.82, 2.24) is 4.98 Å². The largest absolute Gasteiger partial charge is 0.466 e.